The quantitative estimate of drug-likeness (QED) is 0.641. The first-order chi connectivity index (χ1) is 9.13. The van der Waals surface area contributed by atoms with E-state index in [2.05, 4.69) is 44.0 Å². The highest BCUT2D eigenvalue weighted by Gasteiger charge is 2.04. The Kier molecular flexibility index (Phi) is 7.68. The molecule has 0 amide bonds. The molecular formula is C16H28N2O. The number of hydrogen-bond acceptors (Lipinski definition) is 3. The van der Waals surface area contributed by atoms with Crippen LogP contribution in [-0.2, 0) is 17.6 Å². The average Bonchev–Trinajstić information content (AvgIpc) is 2.41. The summed E-state index contributed by atoms with van der Waals surface area (Å²) in [5, 5.41) is 0. The third-order valence-electron chi connectivity index (χ3n) is 3.39. The summed E-state index contributed by atoms with van der Waals surface area (Å²) in [6.45, 7) is 9.17. The maximum atomic E-state index is 5.36. The molecular weight excluding hydrogens is 236 g/mol. The van der Waals surface area contributed by atoms with E-state index in [1.807, 2.05) is 6.92 Å². The molecule has 3 nitrogen and oxygen atoms in total. The lowest BCUT2D eigenvalue weighted by atomic mass is 10.2. The van der Waals surface area contributed by atoms with E-state index in [1.54, 1.807) is 0 Å². The molecule has 0 spiro atoms. The summed E-state index contributed by atoms with van der Waals surface area (Å²) in [4.78, 5) is 7.07. The Morgan fingerprint density at radius 1 is 1.21 bits per heavy atom. The standard InChI is InChI=1S/C16H28N2O/c1-5-19-13-7-10-15-8-6-9-16(17-15)11-12-18(4)14(2)3/h6,8-9,14H,5,7,10-13H2,1-4H3. The summed E-state index contributed by atoms with van der Waals surface area (Å²) in [6.07, 6.45) is 3.08. The van der Waals surface area contributed by atoms with Gasteiger partial charge in [0.15, 0.2) is 0 Å². The van der Waals surface area contributed by atoms with E-state index in [0.29, 0.717) is 6.04 Å². The molecule has 0 fully saturated rings. The first-order valence-electron chi connectivity index (χ1n) is 7.36. The fraction of sp³-hybridized carbons (Fsp3) is 0.688. The summed E-state index contributed by atoms with van der Waals surface area (Å²) in [5.74, 6) is 0. The SMILES string of the molecule is CCOCCCc1cccc(CCN(C)C(C)C)n1. The molecule has 0 saturated heterocycles. The molecule has 108 valence electrons. The molecule has 1 rings (SSSR count). The van der Waals surface area contributed by atoms with Crippen LogP contribution in [0.15, 0.2) is 18.2 Å². The van der Waals surface area contributed by atoms with Gasteiger partial charge in [-0.2, -0.15) is 0 Å². The number of likely N-dealkylation sites (N-methyl/N-ethyl adjacent to an activating group) is 1. The number of pyridine rings is 1. The van der Waals surface area contributed by atoms with Gasteiger partial charge in [-0.05, 0) is 52.8 Å². The number of ether oxygens (including phenoxy) is 1. The Morgan fingerprint density at radius 2 is 1.89 bits per heavy atom. The molecule has 0 aliphatic carbocycles. The van der Waals surface area contributed by atoms with E-state index in [-0.39, 0.29) is 0 Å². The van der Waals surface area contributed by atoms with Gasteiger partial charge in [-0.25, -0.2) is 0 Å². The molecule has 0 aliphatic rings. The van der Waals surface area contributed by atoms with Crippen molar-refractivity contribution in [3.63, 3.8) is 0 Å². The minimum Gasteiger partial charge on any atom is -0.382 e. The molecule has 1 heterocycles. The zero-order valence-electron chi connectivity index (χ0n) is 12.9. The van der Waals surface area contributed by atoms with Crippen LogP contribution < -0.4 is 0 Å². The molecule has 1 aromatic rings. The molecule has 3 heteroatoms. The van der Waals surface area contributed by atoms with Gasteiger partial charge in [-0.15, -0.1) is 0 Å². The molecule has 0 aromatic carbocycles. The molecule has 19 heavy (non-hydrogen) atoms. The van der Waals surface area contributed by atoms with Gasteiger partial charge in [0.05, 0.1) is 0 Å². The first-order valence-corrected chi connectivity index (χ1v) is 7.36. The topological polar surface area (TPSA) is 25.4 Å². The highest BCUT2D eigenvalue weighted by molar-refractivity contribution is 5.11. The van der Waals surface area contributed by atoms with Crippen molar-refractivity contribution in [3.8, 4) is 0 Å². The number of rotatable bonds is 9. The van der Waals surface area contributed by atoms with E-state index in [1.165, 1.54) is 11.4 Å². The third kappa shape index (κ3) is 6.69. The number of aromatic nitrogens is 1. The van der Waals surface area contributed by atoms with Crippen LogP contribution >= 0.6 is 0 Å². The van der Waals surface area contributed by atoms with E-state index in [0.717, 1.165) is 39.0 Å². The van der Waals surface area contributed by atoms with Crippen molar-refractivity contribution in [3.05, 3.63) is 29.6 Å². The lowest BCUT2D eigenvalue weighted by Crippen LogP contribution is -2.28. The zero-order chi connectivity index (χ0) is 14.1. The Labute approximate surface area is 118 Å². The molecule has 0 N–H and O–H groups in total. The Morgan fingerprint density at radius 3 is 2.53 bits per heavy atom. The maximum Gasteiger partial charge on any atom is 0.0469 e. The second-order valence-electron chi connectivity index (χ2n) is 5.25. The second kappa shape index (κ2) is 9.05. The van der Waals surface area contributed by atoms with Crippen molar-refractivity contribution < 1.29 is 4.74 Å². The Balaban J connectivity index is 2.39. The van der Waals surface area contributed by atoms with Crippen molar-refractivity contribution in [2.45, 2.75) is 46.1 Å². The second-order valence-corrected chi connectivity index (χ2v) is 5.25. The molecule has 0 radical (unpaired) electrons. The molecule has 0 aliphatic heterocycles. The largest absolute Gasteiger partial charge is 0.382 e. The van der Waals surface area contributed by atoms with Crippen LogP contribution in [0.25, 0.3) is 0 Å². The fourth-order valence-electron chi connectivity index (χ4n) is 1.86. The lowest BCUT2D eigenvalue weighted by molar-refractivity contribution is 0.145. The van der Waals surface area contributed by atoms with Gasteiger partial charge >= 0.3 is 0 Å². The predicted molar refractivity (Wildman–Crippen MR) is 80.5 cm³/mol. The molecule has 0 unspecified atom stereocenters. The molecule has 0 bridgehead atoms. The smallest absolute Gasteiger partial charge is 0.0469 e. The van der Waals surface area contributed by atoms with Crippen LogP contribution in [0.1, 0.15) is 38.6 Å². The van der Waals surface area contributed by atoms with Crippen LogP contribution in [0.2, 0.25) is 0 Å². The minimum atomic E-state index is 0.592. The van der Waals surface area contributed by atoms with E-state index in [9.17, 15) is 0 Å². The van der Waals surface area contributed by atoms with E-state index in [4.69, 9.17) is 9.72 Å². The van der Waals surface area contributed by atoms with Crippen molar-refractivity contribution in [1.82, 2.24) is 9.88 Å². The highest BCUT2D eigenvalue weighted by Crippen LogP contribution is 2.05. The normalized spacial score (nSPS) is 11.5. The molecule has 0 atom stereocenters. The van der Waals surface area contributed by atoms with Crippen LogP contribution in [-0.4, -0.2) is 42.7 Å². The van der Waals surface area contributed by atoms with Gasteiger partial charge in [-0.3, -0.25) is 4.98 Å². The maximum absolute atomic E-state index is 5.36. The van der Waals surface area contributed by atoms with E-state index < -0.39 is 0 Å². The van der Waals surface area contributed by atoms with Crippen molar-refractivity contribution in [2.24, 2.45) is 0 Å². The summed E-state index contributed by atoms with van der Waals surface area (Å²) in [5.41, 5.74) is 2.38. The highest BCUT2D eigenvalue weighted by atomic mass is 16.5. The average molecular weight is 264 g/mol. The van der Waals surface area contributed by atoms with Crippen LogP contribution in [0, 0.1) is 0 Å². The summed E-state index contributed by atoms with van der Waals surface area (Å²) in [6, 6.07) is 6.95. The van der Waals surface area contributed by atoms with Gasteiger partial charge in [0.2, 0.25) is 0 Å². The third-order valence-corrected chi connectivity index (χ3v) is 3.39. The first kappa shape index (κ1) is 16.1. The van der Waals surface area contributed by atoms with Crippen LogP contribution in [0.5, 0.6) is 0 Å². The summed E-state index contributed by atoms with van der Waals surface area (Å²) >= 11 is 0. The van der Waals surface area contributed by atoms with Gasteiger partial charge in [0.1, 0.15) is 0 Å². The fourth-order valence-corrected chi connectivity index (χ4v) is 1.86. The van der Waals surface area contributed by atoms with Gasteiger partial charge in [0.25, 0.3) is 0 Å². The molecule has 1 aromatic heterocycles. The monoisotopic (exact) mass is 264 g/mol. The van der Waals surface area contributed by atoms with Crippen molar-refractivity contribution in [2.75, 3.05) is 26.8 Å². The van der Waals surface area contributed by atoms with Gasteiger partial charge in [-0.1, -0.05) is 6.07 Å². The summed E-state index contributed by atoms with van der Waals surface area (Å²) in [7, 11) is 2.16. The summed E-state index contributed by atoms with van der Waals surface area (Å²) < 4.78 is 5.36. The van der Waals surface area contributed by atoms with Crippen LogP contribution in [0.4, 0.5) is 0 Å². The van der Waals surface area contributed by atoms with Crippen LogP contribution in [0.3, 0.4) is 0 Å². The van der Waals surface area contributed by atoms with Crippen molar-refractivity contribution in [1.29, 1.82) is 0 Å². The number of nitrogens with zero attached hydrogens (tertiary/aromatic N) is 2. The molecule has 0 saturated carbocycles. The van der Waals surface area contributed by atoms with E-state index >= 15 is 0 Å². The Hall–Kier alpha value is -0.930. The number of aryl methyl sites for hydroxylation is 1. The lowest BCUT2D eigenvalue weighted by Gasteiger charge is -2.20. The van der Waals surface area contributed by atoms with Gasteiger partial charge in [0, 0.05) is 43.6 Å². The number of hydrogen-bond donors (Lipinski definition) is 0. The van der Waals surface area contributed by atoms with Gasteiger partial charge < -0.3 is 9.64 Å². The predicted octanol–water partition coefficient (Wildman–Crippen LogP) is 2.93. The van der Waals surface area contributed by atoms with Crippen molar-refractivity contribution >= 4 is 0 Å². The Bertz CT molecular complexity index is 352. The zero-order valence-corrected chi connectivity index (χ0v) is 12.9. The minimum absolute atomic E-state index is 0.592.